The molecule has 0 aromatic rings. The molecule has 2 aliphatic rings. The highest BCUT2D eigenvalue weighted by molar-refractivity contribution is 4.82. The van der Waals surface area contributed by atoms with Gasteiger partial charge in [0, 0.05) is 51.4 Å². The molecule has 0 bridgehead atoms. The summed E-state index contributed by atoms with van der Waals surface area (Å²) >= 11 is 0. The number of hydrogen-bond acceptors (Lipinski definition) is 4. The molecule has 2 rings (SSSR count). The van der Waals surface area contributed by atoms with Gasteiger partial charge >= 0.3 is 0 Å². The predicted molar refractivity (Wildman–Crippen MR) is 67.3 cm³/mol. The van der Waals surface area contributed by atoms with E-state index in [-0.39, 0.29) is 0 Å². The molecular weight excluding hydrogens is 200 g/mol. The smallest absolute Gasteiger partial charge is 0.0354 e. The summed E-state index contributed by atoms with van der Waals surface area (Å²) in [4.78, 5) is 4.96. The van der Waals surface area contributed by atoms with Crippen molar-refractivity contribution in [2.45, 2.75) is 32.4 Å². The predicted octanol–water partition coefficient (Wildman–Crippen LogP) is 0.221. The lowest BCUT2D eigenvalue weighted by molar-refractivity contribution is 0.0869. The van der Waals surface area contributed by atoms with Gasteiger partial charge in [0.15, 0.2) is 0 Å². The van der Waals surface area contributed by atoms with Crippen LogP contribution in [0.25, 0.3) is 0 Å². The van der Waals surface area contributed by atoms with E-state index in [0.717, 1.165) is 13.1 Å². The molecule has 0 aliphatic carbocycles. The molecule has 0 aromatic heterocycles. The molecule has 0 saturated carbocycles. The molecule has 1 N–H and O–H groups in total. The highest BCUT2D eigenvalue weighted by Crippen LogP contribution is 2.13. The average Bonchev–Trinajstić information content (AvgIpc) is 2.70. The van der Waals surface area contributed by atoms with E-state index in [1.807, 2.05) is 0 Å². The maximum atomic E-state index is 3.69. The Labute approximate surface area is 99.5 Å². The molecular formula is C12H26N4. The van der Waals surface area contributed by atoms with Crippen LogP contribution >= 0.6 is 0 Å². The lowest BCUT2D eigenvalue weighted by atomic mass is 10.3. The summed E-state index contributed by atoms with van der Waals surface area (Å²) in [5.41, 5.74) is 3.69. The highest BCUT2D eigenvalue weighted by Gasteiger charge is 2.26. The molecule has 2 saturated heterocycles. The fraction of sp³-hybridized carbons (Fsp3) is 1.00. The second kappa shape index (κ2) is 5.45. The number of likely N-dealkylation sites (tertiary alicyclic amines) is 1. The Morgan fingerprint density at radius 1 is 1.06 bits per heavy atom. The molecule has 1 unspecified atom stereocenters. The van der Waals surface area contributed by atoms with Gasteiger partial charge in [0.1, 0.15) is 0 Å². The lowest BCUT2D eigenvalue weighted by Crippen LogP contribution is -2.54. The zero-order valence-electron chi connectivity index (χ0n) is 10.9. The standard InChI is InChI=1S/C12H26N4/c1-11(2)15-5-4-12(10-15)13-16-8-6-14(3)7-9-16/h11-13H,4-10H2,1-3H3. The molecule has 0 spiro atoms. The molecule has 0 amide bonds. The van der Waals surface area contributed by atoms with Gasteiger partial charge in [-0.2, -0.15) is 0 Å². The Morgan fingerprint density at radius 3 is 2.31 bits per heavy atom. The SMILES string of the molecule is CC(C)N1CCC(NN2CCN(C)CC2)C1. The Morgan fingerprint density at radius 2 is 1.75 bits per heavy atom. The van der Waals surface area contributed by atoms with E-state index >= 15 is 0 Å². The normalized spacial score (nSPS) is 30.4. The maximum Gasteiger partial charge on any atom is 0.0354 e. The van der Waals surface area contributed by atoms with Crippen molar-refractivity contribution in [3.63, 3.8) is 0 Å². The van der Waals surface area contributed by atoms with Crippen molar-refractivity contribution in [1.29, 1.82) is 0 Å². The van der Waals surface area contributed by atoms with Gasteiger partial charge in [-0.25, -0.2) is 5.01 Å². The number of nitrogens with one attached hydrogen (secondary N) is 1. The van der Waals surface area contributed by atoms with Crippen LogP contribution in [0.2, 0.25) is 0 Å². The summed E-state index contributed by atoms with van der Waals surface area (Å²) in [6, 6.07) is 1.37. The Balaban J connectivity index is 1.71. The summed E-state index contributed by atoms with van der Waals surface area (Å²) in [6.07, 6.45) is 1.30. The van der Waals surface area contributed by atoms with Crippen LogP contribution in [0.4, 0.5) is 0 Å². The van der Waals surface area contributed by atoms with Gasteiger partial charge in [0.25, 0.3) is 0 Å². The van der Waals surface area contributed by atoms with Gasteiger partial charge in [-0.3, -0.25) is 10.3 Å². The third-order valence-corrected chi connectivity index (χ3v) is 3.82. The second-order valence-corrected chi connectivity index (χ2v) is 5.49. The van der Waals surface area contributed by atoms with Crippen molar-refractivity contribution in [2.75, 3.05) is 46.3 Å². The third-order valence-electron chi connectivity index (χ3n) is 3.82. The van der Waals surface area contributed by atoms with Gasteiger partial charge in [-0.15, -0.1) is 0 Å². The Kier molecular flexibility index (Phi) is 4.19. The first-order chi connectivity index (χ1) is 7.65. The zero-order chi connectivity index (χ0) is 11.5. The van der Waals surface area contributed by atoms with E-state index < -0.39 is 0 Å². The van der Waals surface area contributed by atoms with Gasteiger partial charge in [0.05, 0.1) is 0 Å². The van der Waals surface area contributed by atoms with Crippen LogP contribution in [-0.2, 0) is 0 Å². The quantitative estimate of drug-likeness (QED) is 0.743. The molecule has 0 radical (unpaired) electrons. The van der Waals surface area contributed by atoms with Crippen LogP contribution in [0.5, 0.6) is 0 Å². The van der Waals surface area contributed by atoms with Crippen molar-refractivity contribution >= 4 is 0 Å². The summed E-state index contributed by atoms with van der Waals surface area (Å²) in [5, 5.41) is 2.41. The number of likely N-dealkylation sites (N-methyl/N-ethyl adjacent to an activating group) is 1. The van der Waals surface area contributed by atoms with Crippen LogP contribution in [0.15, 0.2) is 0 Å². The summed E-state index contributed by atoms with van der Waals surface area (Å²) in [6.45, 7) is 11.7. The monoisotopic (exact) mass is 226 g/mol. The van der Waals surface area contributed by atoms with Crippen LogP contribution in [0.1, 0.15) is 20.3 Å². The van der Waals surface area contributed by atoms with Crippen LogP contribution in [-0.4, -0.2) is 73.2 Å². The summed E-state index contributed by atoms with van der Waals surface area (Å²) < 4.78 is 0. The topological polar surface area (TPSA) is 21.8 Å². The number of rotatable bonds is 3. The van der Waals surface area contributed by atoms with E-state index in [2.05, 4.69) is 41.1 Å². The number of hydrogen-bond donors (Lipinski definition) is 1. The molecule has 94 valence electrons. The van der Waals surface area contributed by atoms with E-state index in [0.29, 0.717) is 12.1 Å². The minimum atomic E-state index is 0.672. The van der Waals surface area contributed by atoms with Crippen molar-refractivity contribution in [3.05, 3.63) is 0 Å². The van der Waals surface area contributed by atoms with E-state index in [1.165, 1.54) is 32.6 Å². The minimum absolute atomic E-state index is 0.672. The molecule has 4 nitrogen and oxygen atoms in total. The molecule has 2 heterocycles. The first kappa shape index (κ1) is 12.3. The molecule has 2 aliphatic heterocycles. The zero-order valence-corrected chi connectivity index (χ0v) is 10.9. The first-order valence-corrected chi connectivity index (χ1v) is 6.59. The second-order valence-electron chi connectivity index (χ2n) is 5.49. The first-order valence-electron chi connectivity index (χ1n) is 6.59. The van der Waals surface area contributed by atoms with Crippen LogP contribution < -0.4 is 5.43 Å². The van der Waals surface area contributed by atoms with Gasteiger partial charge in [-0.05, 0) is 27.3 Å². The van der Waals surface area contributed by atoms with Crippen molar-refractivity contribution < 1.29 is 0 Å². The van der Waals surface area contributed by atoms with Gasteiger partial charge in [0.2, 0.25) is 0 Å². The molecule has 2 fully saturated rings. The van der Waals surface area contributed by atoms with E-state index in [9.17, 15) is 0 Å². The van der Waals surface area contributed by atoms with Gasteiger partial charge in [-0.1, -0.05) is 0 Å². The summed E-state index contributed by atoms with van der Waals surface area (Å²) in [5.74, 6) is 0. The van der Waals surface area contributed by atoms with Gasteiger partial charge < -0.3 is 4.90 Å². The van der Waals surface area contributed by atoms with Crippen LogP contribution in [0.3, 0.4) is 0 Å². The Bertz CT molecular complexity index is 211. The molecule has 1 atom stereocenters. The Hall–Kier alpha value is -0.160. The fourth-order valence-corrected chi connectivity index (χ4v) is 2.56. The van der Waals surface area contributed by atoms with E-state index in [4.69, 9.17) is 0 Å². The molecule has 0 aromatic carbocycles. The average molecular weight is 226 g/mol. The van der Waals surface area contributed by atoms with Crippen molar-refractivity contribution in [1.82, 2.24) is 20.2 Å². The number of piperazine rings is 1. The largest absolute Gasteiger partial charge is 0.304 e. The highest BCUT2D eigenvalue weighted by atomic mass is 15.5. The minimum Gasteiger partial charge on any atom is -0.304 e. The molecule has 16 heavy (non-hydrogen) atoms. The lowest BCUT2D eigenvalue weighted by Gasteiger charge is -2.34. The maximum absolute atomic E-state index is 3.69. The third kappa shape index (κ3) is 3.17. The number of hydrazine groups is 1. The fourth-order valence-electron chi connectivity index (χ4n) is 2.56. The van der Waals surface area contributed by atoms with E-state index in [1.54, 1.807) is 0 Å². The molecule has 4 heteroatoms. The van der Waals surface area contributed by atoms with Crippen molar-refractivity contribution in [3.8, 4) is 0 Å². The number of nitrogens with zero attached hydrogens (tertiary/aromatic N) is 3. The summed E-state index contributed by atoms with van der Waals surface area (Å²) in [7, 11) is 2.20. The van der Waals surface area contributed by atoms with Crippen LogP contribution in [0, 0.1) is 0 Å². The van der Waals surface area contributed by atoms with Crippen molar-refractivity contribution in [2.24, 2.45) is 0 Å².